The third-order valence-electron chi connectivity index (χ3n) is 5.64. The highest BCUT2D eigenvalue weighted by Crippen LogP contribution is 2.36. The lowest BCUT2D eigenvalue weighted by Crippen LogP contribution is -2.27. The second-order valence-corrected chi connectivity index (χ2v) is 7.36. The summed E-state index contributed by atoms with van der Waals surface area (Å²) in [4.78, 5) is 12.9. The fourth-order valence-corrected chi connectivity index (χ4v) is 4.28. The first-order valence-corrected chi connectivity index (χ1v) is 9.49. The van der Waals surface area contributed by atoms with E-state index >= 15 is 0 Å². The second kappa shape index (κ2) is 6.39. The van der Waals surface area contributed by atoms with Crippen molar-refractivity contribution in [3.63, 3.8) is 0 Å². The van der Waals surface area contributed by atoms with Gasteiger partial charge >= 0.3 is 0 Å². The first-order chi connectivity index (χ1) is 13.2. The number of rotatable bonds is 3. The zero-order chi connectivity index (χ0) is 18.4. The molecule has 5 rings (SSSR count). The number of nitrogens with two attached hydrogens (primary N) is 1. The lowest BCUT2D eigenvalue weighted by atomic mass is 9.85. The summed E-state index contributed by atoms with van der Waals surface area (Å²) in [6, 6.07) is 10.4. The molecule has 0 bridgehead atoms. The molecular formula is C21H23N5O. The van der Waals surface area contributed by atoms with E-state index in [1.165, 1.54) is 0 Å². The number of ether oxygens (including phenoxy) is 1. The molecule has 0 radical (unpaired) electrons. The van der Waals surface area contributed by atoms with E-state index < -0.39 is 0 Å². The van der Waals surface area contributed by atoms with Crippen LogP contribution in [-0.2, 0) is 0 Å². The second-order valence-electron chi connectivity index (χ2n) is 7.36. The molecule has 4 aromatic rings. The van der Waals surface area contributed by atoms with E-state index in [1.54, 1.807) is 7.11 Å². The maximum atomic E-state index is 6.28. The monoisotopic (exact) mass is 361 g/mol. The largest absolute Gasteiger partial charge is 0.497 e. The van der Waals surface area contributed by atoms with E-state index in [4.69, 9.17) is 15.5 Å². The summed E-state index contributed by atoms with van der Waals surface area (Å²) in [6.45, 7) is 0. The zero-order valence-electron chi connectivity index (χ0n) is 15.4. The van der Waals surface area contributed by atoms with Crippen LogP contribution in [-0.4, -0.2) is 32.5 Å². The molecule has 0 spiro atoms. The van der Waals surface area contributed by atoms with Crippen molar-refractivity contribution in [2.75, 3.05) is 7.11 Å². The molecule has 0 unspecified atom stereocenters. The molecular weight excluding hydrogens is 338 g/mol. The lowest BCUT2D eigenvalue weighted by molar-refractivity contribution is 0.382. The van der Waals surface area contributed by atoms with Crippen molar-refractivity contribution in [1.29, 1.82) is 0 Å². The van der Waals surface area contributed by atoms with Gasteiger partial charge in [0.1, 0.15) is 11.6 Å². The van der Waals surface area contributed by atoms with Gasteiger partial charge in [-0.3, -0.25) is 4.40 Å². The average molecular weight is 361 g/mol. The molecule has 138 valence electrons. The van der Waals surface area contributed by atoms with Gasteiger partial charge in [-0.1, -0.05) is 6.42 Å². The minimum Gasteiger partial charge on any atom is -0.497 e. The van der Waals surface area contributed by atoms with Gasteiger partial charge in [-0.25, -0.2) is 9.97 Å². The van der Waals surface area contributed by atoms with E-state index in [0.717, 1.165) is 65.2 Å². The molecule has 0 saturated heterocycles. The van der Waals surface area contributed by atoms with Crippen LogP contribution in [0.4, 0.5) is 0 Å². The Balaban J connectivity index is 1.74. The van der Waals surface area contributed by atoms with Crippen LogP contribution >= 0.6 is 0 Å². The van der Waals surface area contributed by atoms with Crippen LogP contribution in [0.1, 0.15) is 37.4 Å². The minimum absolute atomic E-state index is 0.254. The van der Waals surface area contributed by atoms with Crippen LogP contribution in [0.15, 0.2) is 42.7 Å². The van der Waals surface area contributed by atoms with E-state index in [2.05, 4.69) is 32.6 Å². The molecule has 27 heavy (non-hydrogen) atoms. The predicted octanol–water partition coefficient (Wildman–Crippen LogP) is 3.87. The first-order valence-electron chi connectivity index (χ1n) is 9.49. The van der Waals surface area contributed by atoms with E-state index in [1.807, 2.05) is 24.5 Å². The van der Waals surface area contributed by atoms with Crippen LogP contribution in [0, 0.1) is 0 Å². The van der Waals surface area contributed by atoms with Gasteiger partial charge in [-0.15, -0.1) is 0 Å². The van der Waals surface area contributed by atoms with Gasteiger partial charge in [-0.05, 0) is 49.6 Å². The van der Waals surface area contributed by atoms with Crippen molar-refractivity contribution < 1.29 is 4.74 Å². The molecule has 1 fully saturated rings. The number of H-pyrrole nitrogens is 1. The van der Waals surface area contributed by atoms with Crippen molar-refractivity contribution in [2.24, 2.45) is 5.73 Å². The fourth-order valence-electron chi connectivity index (χ4n) is 4.28. The topological polar surface area (TPSA) is 81.2 Å². The Morgan fingerprint density at radius 3 is 2.78 bits per heavy atom. The Morgan fingerprint density at radius 1 is 1.15 bits per heavy atom. The molecule has 0 aliphatic heterocycles. The van der Waals surface area contributed by atoms with Gasteiger partial charge < -0.3 is 15.5 Å². The Morgan fingerprint density at radius 2 is 2.00 bits per heavy atom. The third kappa shape index (κ3) is 2.68. The molecule has 2 atom stereocenters. The lowest BCUT2D eigenvalue weighted by Gasteiger charge is -2.25. The highest BCUT2D eigenvalue weighted by Gasteiger charge is 2.27. The Labute approximate surface area is 157 Å². The fraction of sp³-hybridized carbons (Fsp3) is 0.333. The molecule has 0 amide bonds. The number of aromatic amines is 1. The van der Waals surface area contributed by atoms with Gasteiger partial charge in [0.05, 0.1) is 30.0 Å². The van der Waals surface area contributed by atoms with E-state index in [9.17, 15) is 0 Å². The maximum Gasteiger partial charge on any atom is 0.154 e. The van der Waals surface area contributed by atoms with Crippen molar-refractivity contribution in [3.8, 4) is 17.0 Å². The number of nitrogens with one attached hydrogen (secondary N) is 1. The molecule has 1 saturated carbocycles. The van der Waals surface area contributed by atoms with Crippen LogP contribution < -0.4 is 10.5 Å². The van der Waals surface area contributed by atoms with Gasteiger partial charge in [0, 0.05) is 23.7 Å². The van der Waals surface area contributed by atoms with Gasteiger partial charge in [0.15, 0.2) is 5.65 Å². The molecule has 6 heteroatoms. The number of nitrogens with zero attached hydrogens (tertiary/aromatic N) is 3. The highest BCUT2D eigenvalue weighted by molar-refractivity contribution is 5.84. The number of fused-ring (bicyclic) bond motifs is 3. The molecule has 1 aliphatic rings. The van der Waals surface area contributed by atoms with Crippen molar-refractivity contribution in [1.82, 2.24) is 19.4 Å². The molecule has 3 heterocycles. The number of aromatic nitrogens is 4. The number of hydrogen-bond acceptors (Lipinski definition) is 4. The van der Waals surface area contributed by atoms with Crippen LogP contribution in [0.3, 0.4) is 0 Å². The van der Waals surface area contributed by atoms with Gasteiger partial charge in [0.25, 0.3) is 0 Å². The highest BCUT2D eigenvalue weighted by atomic mass is 16.5. The summed E-state index contributed by atoms with van der Waals surface area (Å²) in [5.74, 6) is 2.30. The molecule has 6 nitrogen and oxygen atoms in total. The number of methoxy groups -OCH3 is 1. The Hall–Kier alpha value is -2.86. The van der Waals surface area contributed by atoms with Crippen LogP contribution in [0.25, 0.3) is 27.9 Å². The summed E-state index contributed by atoms with van der Waals surface area (Å²) >= 11 is 0. The molecule has 3 N–H and O–H groups in total. The van der Waals surface area contributed by atoms with Gasteiger partial charge in [0.2, 0.25) is 0 Å². The Kier molecular flexibility index (Phi) is 3.86. The van der Waals surface area contributed by atoms with Crippen LogP contribution in [0.5, 0.6) is 5.75 Å². The van der Waals surface area contributed by atoms with Crippen molar-refractivity contribution in [3.05, 3.63) is 48.5 Å². The number of imidazole rings is 1. The third-order valence-corrected chi connectivity index (χ3v) is 5.64. The Bertz CT molecular complexity index is 1100. The van der Waals surface area contributed by atoms with E-state index in [0.29, 0.717) is 5.92 Å². The summed E-state index contributed by atoms with van der Waals surface area (Å²) in [5, 5.41) is 0. The standard InChI is InChI=1S/C21H23N5O/c1-27-16-7-5-13(6-8-16)19-18-12-24-20-17(9-10-23-20)26(18)21(25-19)14-3-2-4-15(22)11-14/h5-10,12,14-15,23H,2-4,11,22H2,1H3/t14-,15+/m0/s1. The summed E-state index contributed by atoms with van der Waals surface area (Å²) in [6.07, 6.45) is 8.21. The molecule has 1 aliphatic carbocycles. The van der Waals surface area contributed by atoms with Crippen LogP contribution in [0.2, 0.25) is 0 Å². The number of hydrogen-bond donors (Lipinski definition) is 2. The maximum absolute atomic E-state index is 6.28. The van der Waals surface area contributed by atoms with E-state index in [-0.39, 0.29) is 6.04 Å². The summed E-state index contributed by atoms with van der Waals surface area (Å²) in [5.41, 5.74) is 11.3. The average Bonchev–Trinajstić information content (AvgIpc) is 3.32. The normalized spacial score (nSPS) is 20.4. The first kappa shape index (κ1) is 16.3. The van der Waals surface area contributed by atoms with Gasteiger partial charge in [-0.2, -0.15) is 0 Å². The minimum atomic E-state index is 0.254. The predicted molar refractivity (Wildman–Crippen MR) is 106 cm³/mol. The quantitative estimate of drug-likeness (QED) is 0.580. The summed E-state index contributed by atoms with van der Waals surface area (Å²) < 4.78 is 7.56. The smallest absolute Gasteiger partial charge is 0.154 e. The van der Waals surface area contributed by atoms with Crippen molar-refractivity contribution in [2.45, 2.75) is 37.6 Å². The molecule has 3 aromatic heterocycles. The number of benzene rings is 1. The van der Waals surface area contributed by atoms with Crippen molar-refractivity contribution >= 4 is 16.7 Å². The molecule has 1 aromatic carbocycles. The SMILES string of the molecule is COc1ccc(-c2nc([C@H]3CCC[C@@H](N)C3)n3c2cnc2[nH]ccc23)cc1. The summed E-state index contributed by atoms with van der Waals surface area (Å²) in [7, 11) is 1.68. The zero-order valence-corrected chi connectivity index (χ0v) is 15.4.